The fourth-order valence-electron chi connectivity index (χ4n) is 1.71. The van der Waals surface area contributed by atoms with Crippen molar-refractivity contribution in [3.05, 3.63) is 51.5 Å². The van der Waals surface area contributed by atoms with Gasteiger partial charge in [-0.05, 0) is 18.1 Å². The lowest BCUT2D eigenvalue weighted by Gasteiger charge is -2.05. The fourth-order valence-corrected chi connectivity index (χ4v) is 2.47. The molecule has 4 N–H and O–H groups in total. The molecule has 0 aliphatic heterocycles. The zero-order valence-electron chi connectivity index (χ0n) is 11.2. The largest absolute Gasteiger partial charge is 0.392 e. The van der Waals surface area contributed by atoms with Crippen molar-refractivity contribution in [1.29, 1.82) is 0 Å². The van der Waals surface area contributed by atoms with Gasteiger partial charge in [-0.3, -0.25) is 4.79 Å². The van der Waals surface area contributed by atoms with E-state index in [4.69, 9.17) is 10.8 Å². The zero-order chi connectivity index (χ0) is 14.5. The standard InChI is InChI=1S/C14H17N3O2S/c1-9(15)14-17-12(8-20-14)13(19)16-6-10-3-2-4-11(5-10)7-18/h2-5,8-9,18H,6-7,15H2,1H3,(H,16,19). The SMILES string of the molecule is CC(N)c1nc(C(=O)NCc2cccc(CO)c2)cs1. The lowest BCUT2D eigenvalue weighted by atomic mass is 10.1. The number of benzene rings is 1. The lowest BCUT2D eigenvalue weighted by Crippen LogP contribution is -2.23. The van der Waals surface area contributed by atoms with Gasteiger partial charge in [0.25, 0.3) is 5.91 Å². The predicted octanol–water partition coefficient (Wildman–Crippen LogP) is 1.59. The second-order valence-electron chi connectivity index (χ2n) is 4.52. The maximum absolute atomic E-state index is 12.0. The van der Waals surface area contributed by atoms with E-state index in [1.807, 2.05) is 31.2 Å². The molecule has 2 rings (SSSR count). The third kappa shape index (κ3) is 3.63. The highest BCUT2D eigenvalue weighted by Crippen LogP contribution is 2.15. The van der Waals surface area contributed by atoms with E-state index >= 15 is 0 Å². The van der Waals surface area contributed by atoms with Crippen molar-refractivity contribution in [2.45, 2.75) is 26.1 Å². The summed E-state index contributed by atoms with van der Waals surface area (Å²) in [6, 6.07) is 7.27. The highest BCUT2D eigenvalue weighted by atomic mass is 32.1. The van der Waals surface area contributed by atoms with Crippen molar-refractivity contribution in [1.82, 2.24) is 10.3 Å². The maximum atomic E-state index is 12.0. The highest BCUT2D eigenvalue weighted by molar-refractivity contribution is 7.09. The first kappa shape index (κ1) is 14.6. The van der Waals surface area contributed by atoms with Crippen LogP contribution in [0.15, 0.2) is 29.6 Å². The molecule has 0 aliphatic rings. The Morgan fingerprint density at radius 1 is 1.50 bits per heavy atom. The van der Waals surface area contributed by atoms with Crippen molar-refractivity contribution >= 4 is 17.2 Å². The lowest BCUT2D eigenvalue weighted by molar-refractivity contribution is 0.0946. The normalized spacial score (nSPS) is 12.2. The van der Waals surface area contributed by atoms with Gasteiger partial charge in [0.2, 0.25) is 0 Å². The Bertz CT molecular complexity index is 596. The first-order chi connectivity index (χ1) is 9.60. The molecular formula is C14H17N3O2S. The molecule has 1 unspecified atom stereocenters. The number of aromatic nitrogens is 1. The van der Waals surface area contributed by atoms with E-state index in [1.54, 1.807) is 5.38 Å². The molecule has 1 aromatic heterocycles. The number of nitrogens with one attached hydrogen (secondary N) is 1. The van der Waals surface area contributed by atoms with Crippen LogP contribution >= 0.6 is 11.3 Å². The van der Waals surface area contributed by atoms with E-state index in [0.717, 1.165) is 16.1 Å². The number of hydrogen-bond acceptors (Lipinski definition) is 5. The molecule has 1 atom stereocenters. The summed E-state index contributed by atoms with van der Waals surface area (Å²) in [5, 5.41) is 14.3. The number of carbonyl (C=O) groups is 1. The van der Waals surface area contributed by atoms with Crippen LogP contribution in [-0.4, -0.2) is 16.0 Å². The summed E-state index contributed by atoms with van der Waals surface area (Å²) >= 11 is 1.38. The summed E-state index contributed by atoms with van der Waals surface area (Å²) in [6.45, 7) is 2.23. The van der Waals surface area contributed by atoms with Crippen LogP contribution in [0.3, 0.4) is 0 Å². The van der Waals surface area contributed by atoms with E-state index in [0.29, 0.717) is 12.2 Å². The third-order valence-electron chi connectivity index (χ3n) is 2.77. The topological polar surface area (TPSA) is 88.2 Å². The molecule has 1 aromatic carbocycles. The average Bonchev–Trinajstić information content (AvgIpc) is 2.95. The number of carbonyl (C=O) groups excluding carboxylic acids is 1. The van der Waals surface area contributed by atoms with Gasteiger partial charge >= 0.3 is 0 Å². The summed E-state index contributed by atoms with van der Waals surface area (Å²) in [6.07, 6.45) is 0. The van der Waals surface area contributed by atoms with Gasteiger partial charge in [-0.1, -0.05) is 24.3 Å². The minimum absolute atomic E-state index is 0.00831. The number of hydrogen-bond donors (Lipinski definition) is 3. The molecule has 0 bridgehead atoms. The molecule has 2 aromatic rings. The van der Waals surface area contributed by atoms with E-state index in [-0.39, 0.29) is 18.6 Å². The Balaban J connectivity index is 1.97. The molecule has 0 saturated heterocycles. The van der Waals surface area contributed by atoms with Crippen LogP contribution in [0, 0.1) is 0 Å². The van der Waals surface area contributed by atoms with Gasteiger partial charge in [0.1, 0.15) is 10.7 Å². The molecule has 0 fully saturated rings. The van der Waals surface area contributed by atoms with Crippen molar-refractivity contribution in [2.75, 3.05) is 0 Å². The zero-order valence-corrected chi connectivity index (χ0v) is 12.0. The molecule has 6 heteroatoms. The van der Waals surface area contributed by atoms with Crippen LogP contribution in [0.4, 0.5) is 0 Å². The summed E-state index contributed by atoms with van der Waals surface area (Å²) in [5.74, 6) is -0.220. The van der Waals surface area contributed by atoms with Crippen LogP contribution in [0.1, 0.15) is 39.6 Å². The van der Waals surface area contributed by atoms with Gasteiger partial charge in [0.05, 0.1) is 12.6 Å². The minimum atomic E-state index is -0.220. The molecule has 20 heavy (non-hydrogen) atoms. The van der Waals surface area contributed by atoms with Crippen LogP contribution in [0.25, 0.3) is 0 Å². The van der Waals surface area contributed by atoms with Crippen LogP contribution < -0.4 is 11.1 Å². The molecule has 0 aliphatic carbocycles. The summed E-state index contributed by atoms with van der Waals surface area (Å²) in [4.78, 5) is 16.1. The van der Waals surface area contributed by atoms with Gasteiger partial charge in [0.15, 0.2) is 0 Å². The second-order valence-corrected chi connectivity index (χ2v) is 5.41. The molecule has 0 saturated carbocycles. The number of aliphatic hydroxyl groups excluding tert-OH is 1. The highest BCUT2D eigenvalue weighted by Gasteiger charge is 2.12. The van der Waals surface area contributed by atoms with Crippen LogP contribution in [0.5, 0.6) is 0 Å². The average molecular weight is 291 g/mol. The Kier molecular flexibility index (Phi) is 4.84. The molecule has 0 spiro atoms. The van der Waals surface area contributed by atoms with Crippen molar-refractivity contribution in [3.63, 3.8) is 0 Å². The van der Waals surface area contributed by atoms with Crippen LogP contribution in [0.2, 0.25) is 0 Å². The quantitative estimate of drug-likeness (QED) is 0.780. The predicted molar refractivity (Wildman–Crippen MR) is 78.3 cm³/mol. The molecular weight excluding hydrogens is 274 g/mol. The summed E-state index contributed by atoms with van der Waals surface area (Å²) < 4.78 is 0. The minimum Gasteiger partial charge on any atom is -0.392 e. The van der Waals surface area contributed by atoms with Crippen molar-refractivity contribution < 1.29 is 9.90 Å². The van der Waals surface area contributed by atoms with E-state index < -0.39 is 0 Å². The molecule has 0 radical (unpaired) electrons. The Labute approximate surface area is 121 Å². The first-order valence-corrected chi connectivity index (χ1v) is 7.16. The number of aliphatic hydroxyl groups is 1. The number of thiazole rings is 1. The van der Waals surface area contributed by atoms with Gasteiger partial charge < -0.3 is 16.2 Å². The van der Waals surface area contributed by atoms with Crippen molar-refractivity contribution in [3.8, 4) is 0 Å². The van der Waals surface area contributed by atoms with Gasteiger partial charge in [-0.25, -0.2) is 4.98 Å². The fraction of sp³-hybridized carbons (Fsp3) is 0.286. The monoisotopic (exact) mass is 291 g/mol. The first-order valence-electron chi connectivity index (χ1n) is 6.28. The van der Waals surface area contributed by atoms with Crippen LogP contribution in [-0.2, 0) is 13.2 Å². The Hall–Kier alpha value is -1.76. The third-order valence-corrected chi connectivity index (χ3v) is 3.82. The molecule has 5 nitrogen and oxygen atoms in total. The van der Waals surface area contributed by atoms with Gasteiger partial charge in [-0.15, -0.1) is 11.3 Å². The second kappa shape index (κ2) is 6.60. The van der Waals surface area contributed by atoms with E-state index in [2.05, 4.69) is 10.3 Å². The Morgan fingerprint density at radius 2 is 2.25 bits per heavy atom. The maximum Gasteiger partial charge on any atom is 0.271 e. The number of amides is 1. The van der Waals surface area contributed by atoms with E-state index in [1.165, 1.54) is 11.3 Å². The molecule has 1 amide bonds. The summed E-state index contributed by atoms with van der Waals surface area (Å²) in [5.41, 5.74) is 7.87. The van der Waals surface area contributed by atoms with Gasteiger partial charge in [0, 0.05) is 11.9 Å². The molecule has 106 valence electrons. The summed E-state index contributed by atoms with van der Waals surface area (Å²) in [7, 11) is 0. The number of rotatable bonds is 5. The number of nitrogens with zero attached hydrogens (tertiary/aromatic N) is 1. The Morgan fingerprint density at radius 3 is 2.90 bits per heavy atom. The van der Waals surface area contributed by atoms with Gasteiger partial charge in [-0.2, -0.15) is 0 Å². The number of nitrogens with two attached hydrogens (primary N) is 1. The molecule has 1 heterocycles. The van der Waals surface area contributed by atoms with E-state index in [9.17, 15) is 4.79 Å². The smallest absolute Gasteiger partial charge is 0.271 e. The van der Waals surface area contributed by atoms with Crippen molar-refractivity contribution in [2.24, 2.45) is 5.73 Å².